The van der Waals surface area contributed by atoms with Gasteiger partial charge in [0, 0.05) is 6.42 Å². The minimum absolute atomic E-state index is 0.0590. The highest BCUT2D eigenvalue weighted by atomic mass is 32.2. The first kappa shape index (κ1) is 7.16. The maximum Gasteiger partial charge on any atom is 0.155 e. The van der Waals surface area contributed by atoms with Gasteiger partial charge in [0.15, 0.2) is 5.17 Å². The predicted molar refractivity (Wildman–Crippen MR) is 45.6 cm³/mol. The highest BCUT2D eigenvalue weighted by molar-refractivity contribution is 8.15. The standard InChI is InChI=1S/C7H10N2OS/c8-7-9-4-2-1-3-5(10)6(4)11-7/h4,6H,1-3H2,(H2,8,9). The molecular formula is C7H10N2OS. The van der Waals surface area contributed by atoms with Crippen molar-refractivity contribution < 1.29 is 4.79 Å². The second kappa shape index (κ2) is 2.52. The number of fused-ring (bicyclic) bond motifs is 1. The van der Waals surface area contributed by atoms with Crippen molar-refractivity contribution in [1.29, 1.82) is 0 Å². The number of thioether (sulfide) groups is 1. The number of amidine groups is 1. The number of carbonyl (C=O) groups is 1. The van der Waals surface area contributed by atoms with Gasteiger partial charge in [-0.25, -0.2) is 0 Å². The predicted octanol–water partition coefficient (Wildman–Crippen LogP) is 0.538. The van der Waals surface area contributed by atoms with Gasteiger partial charge >= 0.3 is 0 Å². The molecule has 2 unspecified atom stereocenters. The molecule has 0 aromatic heterocycles. The number of ketones is 1. The van der Waals surface area contributed by atoms with Crippen LogP contribution in [0.25, 0.3) is 0 Å². The normalized spacial score (nSPS) is 36.7. The van der Waals surface area contributed by atoms with Crippen LogP contribution in [0.3, 0.4) is 0 Å². The highest BCUT2D eigenvalue weighted by Crippen LogP contribution is 2.33. The van der Waals surface area contributed by atoms with Crippen molar-refractivity contribution in [2.45, 2.75) is 30.6 Å². The number of carbonyl (C=O) groups excluding carboxylic acids is 1. The average Bonchev–Trinajstić information content (AvgIpc) is 2.31. The lowest BCUT2D eigenvalue weighted by Crippen LogP contribution is -2.31. The summed E-state index contributed by atoms with van der Waals surface area (Å²) in [5, 5.41) is 0.652. The van der Waals surface area contributed by atoms with Gasteiger partial charge in [0.1, 0.15) is 5.78 Å². The Bertz CT molecular complexity index is 226. The summed E-state index contributed by atoms with van der Waals surface area (Å²) >= 11 is 1.44. The fraction of sp³-hybridized carbons (Fsp3) is 0.714. The molecule has 0 saturated heterocycles. The summed E-state index contributed by atoms with van der Waals surface area (Å²) in [6, 6.07) is 0.196. The van der Waals surface area contributed by atoms with Crippen molar-refractivity contribution in [3.8, 4) is 0 Å². The monoisotopic (exact) mass is 170 g/mol. The lowest BCUT2D eigenvalue weighted by atomic mass is 9.94. The number of aliphatic imine (C=N–C) groups is 1. The minimum atomic E-state index is 0.0590. The Morgan fingerprint density at radius 3 is 3.18 bits per heavy atom. The van der Waals surface area contributed by atoms with Gasteiger partial charge in [0.2, 0.25) is 0 Å². The largest absolute Gasteiger partial charge is 0.379 e. The van der Waals surface area contributed by atoms with Gasteiger partial charge in [0.25, 0.3) is 0 Å². The summed E-state index contributed by atoms with van der Waals surface area (Å²) in [6.07, 6.45) is 2.73. The van der Waals surface area contributed by atoms with E-state index in [-0.39, 0.29) is 11.3 Å². The molecule has 60 valence electrons. The van der Waals surface area contributed by atoms with E-state index in [1.165, 1.54) is 11.8 Å². The number of hydrogen-bond donors (Lipinski definition) is 1. The van der Waals surface area contributed by atoms with E-state index in [9.17, 15) is 4.79 Å². The molecule has 4 heteroatoms. The van der Waals surface area contributed by atoms with Crippen LogP contribution in [0.1, 0.15) is 19.3 Å². The first-order valence-corrected chi connectivity index (χ1v) is 4.68. The molecule has 0 radical (unpaired) electrons. The Morgan fingerprint density at radius 1 is 1.64 bits per heavy atom. The molecule has 1 aliphatic carbocycles. The molecule has 1 fully saturated rings. The Morgan fingerprint density at radius 2 is 2.45 bits per heavy atom. The quantitative estimate of drug-likeness (QED) is 0.577. The van der Waals surface area contributed by atoms with Crippen molar-refractivity contribution in [2.24, 2.45) is 10.7 Å². The SMILES string of the molecule is NC1=NC2CCCC(=O)C2S1. The van der Waals surface area contributed by atoms with Crippen LogP contribution in [0.2, 0.25) is 0 Å². The molecule has 2 aliphatic rings. The van der Waals surface area contributed by atoms with Crippen molar-refractivity contribution in [1.82, 2.24) is 0 Å². The number of hydrogen-bond acceptors (Lipinski definition) is 4. The van der Waals surface area contributed by atoms with Crippen LogP contribution < -0.4 is 5.73 Å². The molecule has 2 rings (SSSR count). The summed E-state index contributed by atoms with van der Waals surface area (Å²) in [5.41, 5.74) is 5.52. The fourth-order valence-electron chi connectivity index (χ4n) is 1.59. The van der Waals surface area contributed by atoms with Crippen LogP contribution >= 0.6 is 11.8 Å². The molecule has 1 heterocycles. The van der Waals surface area contributed by atoms with Gasteiger partial charge in [-0.2, -0.15) is 0 Å². The minimum Gasteiger partial charge on any atom is -0.379 e. The van der Waals surface area contributed by atoms with Crippen molar-refractivity contribution in [3.05, 3.63) is 0 Å². The van der Waals surface area contributed by atoms with E-state index in [2.05, 4.69) is 4.99 Å². The van der Waals surface area contributed by atoms with E-state index < -0.39 is 0 Å². The van der Waals surface area contributed by atoms with E-state index in [1.807, 2.05) is 0 Å². The molecule has 11 heavy (non-hydrogen) atoms. The zero-order valence-electron chi connectivity index (χ0n) is 6.12. The lowest BCUT2D eigenvalue weighted by molar-refractivity contribution is -0.119. The molecule has 0 aromatic rings. The molecule has 0 bridgehead atoms. The van der Waals surface area contributed by atoms with Gasteiger partial charge in [0.05, 0.1) is 11.3 Å². The summed E-state index contributed by atoms with van der Waals surface area (Å²) < 4.78 is 0. The summed E-state index contributed by atoms with van der Waals surface area (Å²) in [5.74, 6) is 0.329. The van der Waals surface area contributed by atoms with E-state index >= 15 is 0 Å². The lowest BCUT2D eigenvalue weighted by Gasteiger charge is -2.20. The zero-order chi connectivity index (χ0) is 7.84. The van der Waals surface area contributed by atoms with Crippen LogP contribution in [0.4, 0.5) is 0 Å². The Kier molecular flexibility index (Phi) is 1.64. The van der Waals surface area contributed by atoms with Crippen LogP contribution in [0.5, 0.6) is 0 Å². The third-order valence-electron chi connectivity index (χ3n) is 2.13. The molecule has 2 N–H and O–H groups in total. The van der Waals surface area contributed by atoms with Crippen molar-refractivity contribution in [3.63, 3.8) is 0 Å². The molecule has 2 atom stereocenters. The summed E-state index contributed by atoms with van der Waals surface area (Å²) in [7, 11) is 0. The van der Waals surface area contributed by atoms with Gasteiger partial charge in [-0.05, 0) is 12.8 Å². The Hall–Kier alpha value is -0.510. The Balaban J connectivity index is 2.16. The maximum atomic E-state index is 11.3. The Labute approximate surface area is 69.4 Å². The smallest absolute Gasteiger partial charge is 0.155 e. The van der Waals surface area contributed by atoms with E-state index in [1.54, 1.807) is 0 Å². The summed E-state index contributed by atoms with van der Waals surface area (Å²) in [4.78, 5) is 15.5. The van der Waals surface area contributed by atoms with Gasteiger partial charge in [-0.1, -0.05) is 11.8 Å². The van der Waals surface area contributed by atoms with Crippen molar-refractivity contribution in [2.75, 3.05) is 0 Å². The number of rotatable bonds is 0. The van der Waals surface area contributed by atoms with Gasteiger partial charge in [-0.3, -0.25) is 9.79 Å². The third kappa shape index (κ3) is 1.15. The number of nitrogens with zero attached hydrogens (tertiary/aromatic N) is 1. The zero-order valence-corrected chi connectivity index (χ0v) is 6.93. The van der Waals surface area contributed by atoms with Gasteiger partial charge < -0.3 is 5.73 Å². The third-order valence-corrected chi connectivity index (χ3v) is 3.31. The summed E-state index contributed by atoms with van der Waals surface area (Å²) in [6.45, 7) is 0. The molecule has 1 saturated carbocycles. The molecule has 0 amide bonds. The topological polar surface area (TPSA) is 55.4 Å². The maximum absolute atomic E-state index is 11.3. The first-order chi connectivity index (χ1) is 5.27. The van der Waals surface area contributed by atoms with E-state index in [0.717, 1.165) is 19.3 Å². The fourth-order valence-corrected chi connectivity index (χ4v) is 2.65. The first-order valence-electron chi connectivity index (χ1n) is 3.80. The molecule has 0 aromatic carbocycles. The van der Waals surface area contributed by atoms with E-state index in [0.29, 0.717) is 11.0 Å². The molecular weight excluding hydrogens is 160 g/mol. The molecule has 1 aliphatic heterocycles. The molecule has 0 spiro atoms. The average molecular weight is 170 g/mol. The number of Topliss-reactive ketones (excluding diaryl/α,β-unsaturated/α-hetero) is 1. The second-order valence-corrected chi connectivity index (χ2v) is 4.09. The second-order valence-electron chi connectivity index (χ2n) is 2.93. The van der Waals surface area contributed by atoms with Crippen LogP contribution in [0.15, 0.2) is 4.99 Å². The van der Waals surface area contributed by atoms with Crippen LogP contribution in [-0.4, -0.2) is 22.2 Å². The van der Waals surface area contributed by atoms with E-state index in [4.69, 9.17) is 5.73 Å². The molecule has 3 nitrogen and oxygen atoms in total. The number of nitrogens with two attached hydrogens (primary N) is 1. The van der Waals surface area contributed by atoms with Crippen LogP contribution in [-0.2, 0) is 4.79 Å². The highest BCUT2D eigenvalue weighted by Gasteiger charge is 2.36. The van der Waals surface area contributed by atoms with Crippen molar-refractivity contribution >= 4 is 22.7 Å². The van der Waals surface area contributed by atoms with Gasteiger partial charge in [-0.15, -0.1) is 0 Å². The van der Waals surface area contributed by atoms with Crippen LogP contribution in [0, 0.1) is 0 Å².